The molecule has 5 heteroatoms. The number of rotatable bonds is 7. The number of carbonyl (C=O) groups is 1. The summed E-state index contributed by atoms with van der Waals surface area (Å²) in [6.45, 7) is 8.67. The summed E-state index contributed by atoms with van der Waals surface area (Å²) in [6.07, 6.45) is 1.02. The van der Waals surface area contributed by atoms with Crippen molar-refractivity contribution >= 4 is 11.8 Å². The van der Waals surface area contributed by atoms with Gasteiger partial charge < -0.3 is 10.4 Å². The van der Waals surface area contributed by atoms with Crippen LogP contribution in [0, 0.1) is 12.8 Å². The Bertz CT molecular complexity index is 433. The normalized spacial score (nSPS) is 12.5. The average molecular weight is 265 g/mol. The molecule has 0 aliphatic carbocycles. The summed E-state index contributed by atoms with van der Waals surface area (Å²) < 4.78 is 0. The summed E-state index contributed by atoms with van der Waals surface area (Å²) in [7, 11) is 0. The minimum absolute atomic E-state index is 0.121. The average Bonchev–Trinajstić information content (AvgIpc) is 2.33. The summed E-state index contributed by atoms with van der Waals surface area (Å²) >= 11 is 0. The lowest BCUT2D eigenvalue weighted by Gasteiger charge is -2.15. The van der Waals surface area contributed by atoms with Gasteiger partial charge in [0.25, 0.3) is 0 Å². The fourth-order valence-electron chi connectivity index (χ4n) is 1.80. The lowest BCUT2D eigenvalue weighted by atomic mass is 10.0. The molecule has 1 rings (SSSR count). The standard InChI is InChI=1S/C14H23N3O2/c1-5-11(7-13(18)19)8-15-12-6-10(4)16-14(17-12)9(2)3/h6,9,11H,5,7-8H2,1-4H3,(H,18,19)(H,15,16,17). The molecule has 5 nitrogen and oxygen atoms in total. The van der Waals surface area contributed by atoms with Gasteiger partial charge in [0.15, 0.2) is 0 Å². The van der Waals surface area contributed by atoms with Crippen molar-refractivity contribution in [3.63, 3.8) is 0 Å². The molecule has 1 unspecified atom stereocenters. The van der Waals surface area contributed by atoms with Gasteiger partial charge in [-0.25, -0.2) is 9.97 Å². The number of hydrogen-bond acceptors (Lipinski definition) is 4. The first-order chi connectivity index (χ1) is 8.92. The van der Waals surface area contributed by atoms with E-state index in [1.54, 1.807) is 0 Å². The van der Waals surface area contributed by atoms with Crippen molar-refractivity contribution in [2.45, 2.75) is 46.5 Å². The smallest absolute Gasteiger partial charge is 0.303 e. The van der Waals surface area contributed by atoms with Gasteiger partial charge in [-0.3, -0.25) is 4.79 Å². The number of carboxylic acids is 1. The van der Waals surface area contributed by atoms with E-state index in [1.165, 1.54) is 0 Å². The van der Waals surface area contributed by atoms with Gasteiger partial charge in [0, 0.05) is 30.6 Å². The van der Waals surface area contributed by atoms with Crippen molar-refractivity contribution in [3.8, 4) is 0 Å². The summed E-state index contributed by atoms with van der Waals surface area (Å²) in [5.74, 6) is 1.24. The Morgan fingerprint density at radius 2 is 2.11 bits per heavy atom. The number of carboxylic acid groups (broad SMARTS) is 1. The quantitative estimate of drug-likeness (QED) is 0.793. The SMILES string of the molecule is CCC(CNc1cc(C)nc(C(C)C)n1)CC(=O)O. The van der Waals surface area contributed by atoms with Crippen LogP contribution in [0.1, 0.15) is 51.0 Å². The molecule has 0 radical (unpaired) electrons. The number of nitrogens with one attached hydrogen (secondary N) is 1. The number of aliphatic carboxylic acids is 1. The van der Waals surface area contributed by atoms with E-state index in [1.807, 2.05) is 19.9 Å². The Morgan fingerprint density at radius 1 is 1.42 bits per heavy atom. The summed E-state index contributed by atoms with van der Waals surface area (Å²) in [5.41, 5.74) is 0.924. The van der Waals surface area contributed by atoms with Gasteiger partial charge in [0.05, 0.1) is 0 Å². The largest absolute Gasteiger partial charge is 0.481 e. The van der Waals surface area contributed by atoms with Crippen LogP contribution >= 0.6 is 0 Å². The van der Waals surface area contributed by atoms with Gasteiger partial charge in [-0.1, -0.05) is 27.2 Å². The van der Waals surface area contributed by atoms with Crippen molar-refractivity contribution in [1.29, 1.82) is 0 Å². The summed E-state index contributed by atoms with van der Waals surface area (Å²) in [6, 6.07) is 1.89. The highest BCUT2D eigenvalue weighted by atomic mass is 16.4. The van der Waals surface area contributed by atoms with E-state index in [2.05, 4.69) is 29.1 Å². The number of hydrogen-bond donors (Lipinski definition) is 2. The first-order valence-electron chi connectivity index (χ1n) is 6.73. The van der Waals surface area contributed by atoms with Crippen LogP contribution < -0.4 is 5.32 Å². The molecule has 1 aromatic heterocycles. The van der Waals surface area contributed by atoms with Gasteiger partial charge in [0.2, 0.25) is 0 Å². The molecule has 2 N–H and O–H groups in total. The number of aromatic nitrogens is 2. The van der Waals surface area contributed by atoms with E-state index in [9.17, 15) is 4.79 Å². The van der Waals surface area contributed by atoms with Crippen LogP contribution in [0.3, 0.4) is 0 Å². The van der Waals surface area contributed by atoms with Crippen LogP contribution in [0.15, 0.2) is 6.07 Å². The van der Waals surface area contributed by atoms with Crippen LogP contribution in [0.25, 0.3) is 0 Å². The van der Waals surface area contributed by atoms with E-state index in [4.69, 9.17) is 5.11 Å². The zero-order chi connectivity index (χ0) is 14.4. The van der Waals surface area contributed by atoms with E-state index in [-0.39, 0.29) is 18.3 Å². The topological polar surface area (TPSA) is 75.1 Å². The minimum Gasteiger partial charge on any atom is -0.481 e. The lowest BCUT2D eigenvalue weighted by molar-refractivity contribution is -0.138. The fraction of sp³-hybridized carbons (Fsp3) is 0.643. The van der Waals surface area contributed by atoms with Gasteiger partial charge in [0.1, 0.15) is 11.6 Å². The van der Waals surface area contributed by atoms with Crippen molar-refractivity contribution in [2.24, 2.45) is 5.92 Å². The maximum atomic E-state index is 10.7. The highest BCUT2D eigenvalue weighted by Crippen LogP contribution is 2.15. The lowest BCUT2D eigenvalue weighted by Crippen LogP contribution is -2.18. The summed E-state index contributed by atoms with van der Waals surface area (Å²) in [4.78, 5) is 19.6. The monoisotopic (exact) mass is 265 g/mol. The molecule has 0 saturated heterocycles. The van der Waals surface area contributed by atoms with E-state index >= 15 is 0 Å². The van der Waals surface area contributed by atoms with Crippen molar-refractivity contribution < 1.29 is 9.90 Å². The molecule has 0 aromatic carbocycles. The number of anilines is 1. The van der Waals surface area contributed by atoms with Crippen molar-refractivity contribution in [1.82, 2.24) is 9.97 Å². The third kappa shape index (κ3) is 5.24. The first kappa shape index (κ1) is 15.4. The van der Waals surface area contributed by atoms with E-state index in [0.29, 0.717) is 6.54 Å². The Kier molecular flexibility index (Phi) is 5.73. The van der Waals surface area contributed by atoms with Crippen LogP contribution in [-0.2, 0) is 4.79 Å². The second kappa shape index (κ2) is 7.07. The molecule has 0 saturated carbocycles. The molecule has 0 aliphatic rings. The first-order valence-corrected chi connectivity index (χ1v) is 6.73. The molecule has 1 heterocycles. The number of nitrogens with zero attached hydrogens (tertiary/aromatic N) is 2. The zero-order valence-corrected chi connectivity index (χ0v) is 12.1. The predicted octanol–water partition coefficient (Wildman–Crippen LogP) is 2.82. The second-order valence-corrected chi connectivity index (χ2v) is 5.16. The van der Waals surface area contributed by atoms with Gasteiger partial charge >= 0.3 is 5.97 Å². The Morgan fingerprint density at radius 3 is 2.63 bits per heavy atom. The van der Waals surface area contributed by atoms with E-state index in [0.717, 1.165) is 23.8 Å². The highest BCUT2D eigenvalue weighted by Gasteiger charge is 2.12. The fourth-order valence-corrected chi connectivity index (χ4v) is 1.80. The molecule has 1 atom stereocenters. The molecule has 0 spiro atoms. The predicted molar refractivity (Wildman–Crippen MR) is 75.4 cm³/mol. The molecular formula is C14H23N3O2. The maximum Gasteiger partial charge on any atom is 0.303 e. The molecule has 1 aromatic rings. The zero-order valence-electron chi connectivity index (χ0n) is 12.1. The van der Waals surface area contributed by atoms with E-state index < -0.39 is 5.97 Å². The Hall–Kier alpha value is -1.65. The third-order valence-corrected chi connectivity index (χ3v) is 3.00. The van der Waals surface area contributed by atoms with Gasteiger partial charge in [-0.05, 0) is 12.8 Å². The molecule has 0 fully saturated rings. The Balaban J connectivity index is 2.68. The van der Waals surface area contributed by atoms with Crippen molar-refractivity contribution in [2.75, 3.05) is 11.9 Å². The molecule has 0 bridgehead atoms. The second-order valence-electron chi connectivity index (χ2n) is 5.16. The van der Waals surface area contributed by atoms with Gasteiger partial charge in [-0.15, -0.1) is 0 Å². The highest BCUT2D eigenvalue weighted by molar-refractivity contribution is 5.67. The van der Waals surface area contributed by atoms with Gasteiger partial charge in [-0.2, -0.15) is 0 Å². The molecule has 19 heavy (non-hydrogen) atoms. The van der Waals surface area contributed by atoms with Crippen LogP contribution in [0.5, 0.6) is 0 Å². The van der Waals surface area contributed by atoms with Crippen LogP contribution in [0.2, 0.25) is 0 Å². The summed E-state index contributed by atoms with van der Waals surface area (Å²) in [5, 5.41) is 12.0. The molecular weight excluding hydrogens is 242 g/mol. The molecule has 106 valence electrons. The minimum atomic E-state index is -0.754. The number of aryl methyl sites for hydroxylation is 1. The van der Waals surface area contributed by atoms with Crippen LogP contribution in [-0.4, -0.2) is 27.6 Å². The Labute approximate surface area is 114 Å². The molecule has 0 amide bonds. The van der Waals surface area contributed by atoms with Crippen LogP contribution in [0.4, 0.5) is 5.82 Å². The third-order valence-electron chi connectivity index (χ3n) is 3.00. The molecule has 0 aliphatic heterocycles. The van der Waals surface area contributed by atoms with Crippen molar-refractivity contribution in [3.05, 3.63) is 17.6 Å². The maximum absolute atomic E-state index is 10.7.